The Labute approximate surface area is 195 Å². The predicted octanol–water partition coefficient (Wildman–Crippen LogP) is 6.45. The Morgan fingerprint density at radius 2 is 1.84 bits per heavy atom. The van der Waals surface area contributed by atoms with E-state index < -0.39 is 5.97 Å². The van der Waals surface area contributed by atoms with Crippen molar-refractivity contribution >= 4 is 39.2 Å². The van der Waals surface area contributed by atoms with Crippen LogP contribution in [-0.2, 0) is 4.79 Å². The second-order valence-electron chi connectivity index (χ2n) is 6.66. The van der Waals surface area contributed by atoms with E-state index in [2.05, 4.69) is 46.0 Å². The minimum absolute atomic E-state index is 0.341. The molecule has 0 saturated heterocycles. The number of aryl methyl sites for hydroxylation is 1. The lowest BCUT2D eigenvalue weighted by atomic mass is 10.1. The van der Waals surface area contributed by atoms with Crippen molar-refractivity contribution in [2.24, 2.45) is 0 Å². The SMILES string of the molecule is Cc1cc(SC/C=C(\C#Cc2ccccc2)c2ccc(Br)cc2)ccc1OCC(=O)O. The van der Waals surface area contributed by atoms with E-state index in [0.717, 1.165) is 37.4 Å². The smallest absolute Gasteiger partial charge is 0.341 e. The number of hydrogen-bond acceptors (Lipinski definition) is 3. The van der Waals surface area contributed by atoms with E-state index in [4.69, 9.17) is 9.84 Å². The minimum Gasteiger partial charge on any atom is -0.482 e. The zero-order chi connectivity index (χ0) is 22.1. The standard InChI is InChI=1S/C26H21BrO3S/c1-19-17-24(13-14-25(19)30-18-26(28)29)31-16-15-22(21-9-11-23(27)12-10-21)8-7-20-5-3-2-4-6-20/h2-6,9-15,17H,16,18H2,1H3,(H,28,29)/b22-15+. The molecule has 3 rings (SSSR count). The van der Waals surface area contributed by atoms with Crippen LogP contribution in [0.3, 0.4) is 0 Å². The van der Waals surface area contributed by atoms with Gasteiger partial charge >= 0.3 is 5.97 Å². The topological polar surface area (TPSA) is 46.5 Å². The van der Waals surface area contributed by atoms with Crippen LogP contribution in [0.25, 0.3) is 5.57 Å². The van der Waals surface area contributed by atoms with Crippen molar-refractivity contribution in [1.29, 1.82) is 0 Å². The molecule has 5 heteroatoms. The van der Waals surface area contributed by atoms with Crippen LogP contribution in [0.5, 0.6) is 5.75 Å². The predicted molar refractivity (Wildman–Crippen MR) is 130 cm³/mol. The second kappa shape index (κ2) is 11.5. The van der Waals surface area contributed by atoms with Crippen molar-refractivity contribution in [3.8, 4) is 17.6 Å². The number of allylic oxidation sites excluding steroid dienone is 1. The maximum Gasteiger partial charge on any atom is 0.341 e. The molecule has 0 atom stereocenters. The van der Waals surface area contributed by atoms with Crippen molar-refractivity contribution in [3.05, 3.63) is 100 Å². The molecule has 3 nitrogen and oxygen atoms in total. The van der Waals surface area contributed by atoms with Crippen molar-refractivity contribution in [1.82, 2.24) is 0 Å². The van der Waals surface area contributed by atoms with Crippen LogP contribution >= 0.6 is 27.7 Å². The number of halogens is 1. The maximum absolute atomic E-state index is 10.7. The van der Waals surface area contributed by atoms with Gasteiger partial charge in [0.1, 0.15) is 5.75 Å². The van der Waals surface area contributed by atoms with Gasteiger partial charge in [-0.3, -0.25) is 0 Å². The minimum atomic E-state index is -0.986. The van der Waals surface area contributed by atoms with Gasteiger partial charge in [-0.2, -0.15) is 0 Å². The first kappa shape index (κ1) is 22.7. The Balaban J connectivity index is 1.75. The lowest BCUT2D eigenvalue weighted by Crippen LogP contribution is -2.09. The summed E-state index contributed by atoms with van der Waals surface area (Å²) in [6.07, 6.45) is 2.13. The zero-order valence-corrected chi connectivity index (χ0v) is 19.4. The fourth-order valence-corrected chi connectivity index (χ4v) is 3.90. The molecule has 0 aliphatic rings. The molecule has 3 aromatic rings. The molecule has 0 aromatic heterocycles. The fraction of sp³-hybridized carbons (Fsp3) is 0.115. The number of thioether (sulfide) groups is 1. The number of rotatable bonds is 7. The van der Waals surface area contributed by atoms with Gasteiger partial charge in [0.25, 0.3) is 0 Å². The molecule has 31 heavy (non-hydrogen) atoms. The summed E-state index contributed by atoms with van der Waals surface area (Å²) in [6.45, 7) is 1.57. The van der Waals surface area contributed by atoms with Gasteiger partial charge in [-0.25, -0.2) is 4.79 Å². The first-order valence-electron chi connectivity index (χ1n) is 9.62. The monoisotopic (exact) mass is 492 g/mol. The summed E-state index contributed by atoms with van der Waals surface area (Å²) in [6, 6.07) is 23.8. The van der Waals surface area contributed by atoms with Gasteiger partial charge in [0.05, 0.1) is 0 Å². The van der Waals surface area contributed by atoms with E-state index in [1.165, 1.54) is 0 Å². The van der Waals surface area contributed by atoms with Crippen LogP contribution < -0.4 is 4.74 Å². The summed E-state index contributed by atoms with van der Waals surface area (Å²) in [4.78, 5) is 11.8. The molecule has 0 aliphatic carbocycles. The van der Waals surface area contributed by atoms with E-state index in [-0.39, 0.29) is 6.61 Å². The highest BCUT2D eigenvalue weighted by Gasteiger charge is 2.05. The normalized spacial score (nSPS) is 10.8. The van der Waals surface area contributed by atoms with Crippen molar-refractivity contribution in [3.63, 3.8) is 0 Å². The average Bonchev–Trinajstić information content (AvgIpc) is 2.77. The summed E-state index contributed by atoms with van der Waals surface area (Å²) >= 11 is 5.17. The molecule has 0 radical (unpaired) electrons. The van der Waals surface area contributed by atoms with E-state index >= 15 is 0 Å². The second-order valence-corrected chi connectivity index (χ2v) is 8.67. The highest BCUT2D eigenvalue weighted by molar-refractivity contribution is 9.10. The van der Waals surface area contributed by atoms with E-state index in [9.17, 15) is 4.79 Å². The number of carboxylic acid groups (broad SMARTS) is 1. The summed E-state index contributed by atoms with van der Waals surface area (Å²) in [5.41, 5.74) is 3.93. The third-order valence-corrected chi connectivity index (χ3v) is 5.75. The largest absolute Gasteiger partial charge is 0.482 e. The molecule has 0 spiro atoms. The molecule has 0 aliphatic heterocycles. The Morgan fingerprint density at radius 3 is 2.52 bits per heavy atom. The maximum atomic E-state index is 10.7. The zero-order valence-electron chi connectivity index (χ0n) is 17.0. The van der Waals surface area contributed by atoms with E-state index in [1.54, 1.807) is 11.8 Å². The molecule has 3 aromatic carbocycles. The number of hydrogen-bond donors (Lipinski definition) is 1. The van der Waals surface area contributed by atoms with Crippen LogP contribution in [-0.4, -0.2) is 23.4 Å². The molecule has 156 valence electrons. The third kappa shape index (κ3) is 7.36. The molecule has 0 bridgehead atoms. The van der Waals surface area contributed by atoms with Gasteiger partial charge in [0.2, 0.25) is 0 Å². The molecule has 0 saturated carbocycles. The van der Waals surface area contributed by atoms with Gasteiger partial charge in [-0.05, 0) is 60.5 Å². The lowest BCUT2D eigenvalue weighted by molar-refractivity contribution is -0.139. The van der Waals surface area contributed by atoms with Gasteiger partial charge < -0.3 is 9.84 Å². The molecular formula is C26H21BrO3S. The van der Waals surface area contributed by atoms with Crippen LogP contribution in [0.15, 0.2) is 88.2 Å². The molecular weight excluding hydrogens is 472 g/mol. The fourth-order valence-electron chi connectivity index (χ4n) is 2.77. The van der Waals surface area contributed by atoms with Gasteiger partial charge in [0.15, 0.2) is 6.61 Å². The Bertz CT molecular complexity index is 1130. The van der Waals surface area contributed by atoms with Crippen LogP contribution in [0.2, 0.25) is 0 Å². The summed E-state index contributed by atoms with van der Waals surface area (Å²) in [5.74, 6) is 6.91. The number of aliphatic carboxylic acids is 1. The average molecular weight is 493 g/mol. The highest BCUT2D eigenvalue weighted by Crippen LogP contribution is 2.27. The summed E-state index contributed by atoms with van der Waals surface area (Å²) < 4.78 is 6.32. The van der Waals surface area contributed by atoms with Gasteiger partial charge in [-0.1, -0.05) is 64.2 Å². The Morgan fingerprint density at radius 1 is 1.10 bits per heavy atom. The van der Waals surface area contributed by atoms with Gasteiger partial charge in [0, 0.05) is 26.3 Å². The van der Waals surface area contributed by atoms with E-state index in [0.29, 0.717) is 5.75 Å². The summed E-state index contributed by atoms with van der Waals surface area (Å²) in [7, 11) is 0. The lowest BCUT2D eigenvalue weighted by Gasteiger charge is -2.08. The van der Waals surface area contributed by atoms with Crippen molar-refractivity contribution < 1.29 is 14.6 Å². The molecule has 0 heterocycles. The summed E-state index contributed by atoms with van der Waals surface area (Å²) in [5, 5.41) is 8.76. The van der Waals surface area contributed by atoms with Crippen molar-refractivity contribution in [2.75, 3.05) is 12.4 Å². The quantitative estimate of drug-likeness (QED) is 0.304. The molecule has 0 amide bonds. The Hall–Kier alpha value is -2.94. The third-order valence-electron chi connectivity index (χ3n) is 4.31. The number of ether oxygens (including phenoxy) is 1. The molecule has 0 unspecified atom stereocenters. The first-order valence-corrected chi connectivity index (χ1v) is 11.4. The molecule has 1 N–H and O–H groups in total. The van der Waals surface area contributed by atoms with Crippen molar-refractivity contribution in [2.45, 2.75) is 11.8 Å². The molecule has 0 fully saturated rings. The van der Waals surface area contributed by atoms with Crippen LogP contribution in [0, 0.1) is 18.8 Å². The van der Waals surface area contributed by atoms with Crippen LogP contribution in [0.4, 0.5) is 0 Å². The number of carbonyl (C=O) groups is 1. The Kier molecular flexibility index (Phi) is 8.40. The number of benzene rings is 3. The van der Waals surface area contributed by atoms with E-state index in [1.807, 2.05) is 67.6 Å². The van der Waals surface area contributed by atoms with Gasteiger partial charge in [-0.15, -0.1) is 11.8 Å². The first-order chi connectivity index (χ1) is 15.0. The number of carboxylic acids is 1. The van der Waals surface area contributed by atoms with Crippen LogP contribution in [0.1, 0.15) is 16.7 Å². The highest BCUT2D eigenvalue weighted by atomic mass is 79.9.